The highest BCUT2D eigenvalue weighted by molar-refractivity contribution is 5.19. The van der Waals surface area contributed by atoms with Crippen LogP contribution in [0.15, 0.2) is 54.6 Å². The molecule has 0 saturated carbocycles. The first kappa shape index (κ1) is 16.2. The molecule has 2 aromatic carbocycles. The molecule has 3 rings (SSSR count). The SMILES string of the molecule is C[C@H](NC1CCN(Cc2ccccc2)CC1)c1ccc(F)cc1. The summed E-state index contributed by atoms with van der Waals surface area (Å²) >= 11 is 0. The van der Waals surface area contributed by atoms with Crippen LogP contribution in [0.4, 0.5) is 4.39 Å². The van der Waals surface area contributed by atoms with E-state index in [1.807, 2.05) is 12.1 Å². The predicted molar refractivity (Wildman–Crippen MR) is 92.7 cm³/mol. The first-order valence-electron chi connectivity index (χ1n) is 8.48. The van der Waals surface area contributed by atoms with Crippen LogP contribution in [0.2, 0.25) is 0 Å². The molecule has 1 aliphatic rings. The fraction of sp³-hybridized carbons (Fsp3) is 0.400. The molecule has 1 fully saturated rings. The molecule has 0 radical (unpaired) electrons. The van der Waals surface area contributed by atoms with Crippen LogP contribution in [0.1, 0.15) is 36.9 Å². The summed E-state index contributed by atoms with van der Waals surface area (Å²) < 4.78 is 13.0. The Balaban J connectivity index is 1.46. The Bertz CT molecular complexity index is 589. The van der Waals surface area contributed by atoms with E-state index in [1.54, 1.807) is 0 Å². The molecule has 0 amide bonds. The second-order valence-electron chi connectivity index (χ2n) is 6.48. The van der Waals surface area contributed by atoms with E-state index >= 15 is 0 Å². The molecule has 3 heteroatoms. The molecule has 1 N–H and O–H groups in total. The van der Waals surface area contributed by atoms with Crippen molar-refractivity contribution in [2.45, 2.75) is 38.4 Å². The van der Waals surface area contributed by atoms with Crippen LogP contribution in [0.5, 0.6) is 0 Å². The molecule has 2 aromatic rings. The number of nitrogens with one attached hydrogen (secondary N) is 1. The van der Waals surface area contributed by atoms with Gasteiger partial charge < -0.3 is 5.32 Å². The second kappa shape index (κ2) is 7.71. The lowest BCUT2D eigenvalue weighted by Gasteiger charge is -2.34. The minimum absolute atomic E-state index is 0.171. The van der Waals surface area contributed by atoms with Gasteiger partial charge in [-0.05, 0) is 56.1 Å². The van der Waals surface area contributed by atoms with Crippen molar-refractivity contribution in [1.82, 2.24) is 10.2 Å². The summed E-state index contributed by atoms with van der Waals surface area (Å²) in [6.07, 6.45) is 2.33. The number of likely N-dealkylation sites (tertiary alicyclic amines) is 1. The lowest BCUT2D eigenvalue weighted by atomic mass is 10.0. The summed E-state index contributed by atoms with van der Waals surface area (Å²) in [5.41, 5.74) is 2.54. The van der Waals surface area contributed by atoms with Gasteiger partial charge in [0.1, 0.15) is 5.82 Å². The van der Waals surface area contributed by atoms with Crippen molar-refractivity contribution >= 4 is 0 Å². The molecule has 1 heterocycles. The van der Waals surface area contributed by atoms with E-state index < -0.39 is 0 Å². The topological polar surface area (TPSA) is 15.3 Å². The lowest BCUT2D eigenvalue weighted by Crippen LogP contribution is -2.42. The molecule has 23 heavy (non-hydrogen) atoms. The predicted octanol–water partition coefficient (Wildman–Crippen LogP) is 4.14. The summed E-state index contributed by atoms with van der Waals surface area (Å²) in [5.74, 6) is -0.171. The van der Waals surface area contributed by atoms with Gasteiger partial charge in [-0.3, -0.25) is 4.90 Å². The van der Waals surface area contributed by atoms with Crippen molar-refractivity contribution in [3.05, 3.63) is 71.5 Å². The number of nitrogens with zero attached hydrogens (tertiary/aromatic N) is 1. The maximum absolute atomic E-state index is 13.0. The average molecular weight is 312 g/mol. The lowest BCUT2D eigenvalue weighted by molar-refractivity contribution is 0.185. The van der Waals surface area contributed by atoms with E-state index in [1.165, 1.54) is 30.5 Å². The highest BCUT2D eigenvalue weighted by Gasteiger charge is 2.20. The van der Waals surface area contributed by atoms with Gasteiger partial charge in [-0.15, -0.1) is 0 Å². The van der Waals surface area contributed by atoms with Crippen LogP contribution < -0.4 is 5.32 Å². The standard InChI is InChI=1S/C20H25FN2/c1-16(18-7-9-19(21)10-8-18)22-20-11-13-23(14-12-20)15-17-5-3-2-4-6-17/h2-10,16,20,22H,11-15H2,1H3/t16-/m0/s1. The van der Waals surface area contributed by atoms with E-state index in [2.05, 4.69) is 47.5 Å². The summed E-state index contributed by atoms with van der Waals surface area (Å²) in [5, 5.41) is 3.69. The number of halogens is 1. The molecule has 0 bridgehead atoms. The third kappa shape index (κ3) is 4.63. The molecule has 0 aromatic heterocycles. The van der Waals surface area contributed by atoms with Gasteiger partial charge in [0.15, 0.2) is 0 Å². The van der Waals surface area contributed by atoms with E-state index in [9.17, 15) is 4.39 Å². The number of benzene rings is 2. The highest BCUT2D eigenvalue weighted by atomic mass is 19.1. The van der Waals surface area contributed by atoms with Crippen molar-refractivity contribution in [1.29, 1.82) is 0 Å². The number of rotatable bonds is 5. The fourth-order valence-electron chi connectivity index (χ4n) is 3.30. The van der Waals surface area contributed by atoms with Crippen LogP contribution in [-0.4, -0.2) is 24.0 Å². The molecule has 2 nitrogen and oxygen atoms in total. The van der Waals surface area contributed by atoms with Gasteiger partial charge in [-0.1, -0.05) is 42.5 Å². The van der Waals surface area contributed by atoms with Crippen molar-refractivity contribution in [3.63, 3.8) is 0 Å². The van der Waals surface area contributed by atoms with E-state index in [4.69, 9.17) is 0 Å². The van der Waals surface area contributed by atoms with Gasteiger partial charge in [0.05, 0.1) is 0 Å². The third-order valence-corrected chi connectivity index (χ3v) is 4.69. The molecule has 0 unspecified atom stereocenters. The minimum Gasteiger partial charge on any atom is -0.307 e. The van der Waals surface area contributed by atoms with Gasteiger partial charge in [-0.25, -0.2) is 4.39 Å². The molecular formula is C20H25FN2. The van der Waals surface area contributed by atoms with Crippen molar-refractivity contribution < 1.29 is 4.39 Å². The summed E-state index contributed by atoms with van der Waals surface area (Å²) in [4.78, 5) is 2.52. The van der Waals surface area contributed by atoms with Crippen LogP contribution in [0.3, 0.4) is 0 Å². The number of hydrogen-bond donors (Lipinski definition) is 1. The van der Waals surface area contributed by atoms with Crippen molar-refractivity contribution in [3.8, 4) is 0 Å². The summed E-state index contributed by atoms with van der Waals surface area (Å²) in [6.45, 7) is 5.45. The van der Waals surface area contributed by atoms with Crippen LogP contribution in [0.25, 0.3) is 0 Å². The van der Waals surface area contributed by atoms with Gasteiger partial charge in [-0.2, -0.15) is 0 Å². The Morgan fingerprint density at radius 1 is 1.04 bits per heavy atom. The quantitative estimate of drug-likeness (QED) is 0.892. The zero-order valence-corrected chi connectivity index (χ0v) is 13.7. The summed E-state index contributed by atoms with van der Waals surface area (Å²) in [6, 6.07) is 18.3. The molecule has 1 atom stereocenters. The zero-order valence-electron chi connectivity index (χ0n) is 13.7. The van der Waals surface area contributed by atoms with Crippen LogP contribution >= 0.6 is 0 Å². The Labute approximate surface area is 138 Å². The Hall–Kier alpha value is -1.71. The van der Waals surface area contributed by atoms with Crippen molar-refractivity contribution in [2.24, 2.45) is 0 Å². The molecule has 0 aliphatic carbocycles. The Kier molecular flexibility index (Phi) is 5.42. The highest BCUT2D eigenvalue weighted by Crippen LogP contribution is 2.19. The fourth-order valence-corrected chi connectivity index (χ4v) is 3.30. The van der Waals surface area contributed by atoms with E-state index in [-0.39, 0.29) is 11.9 Å². The van der Waals surface area contributed by atoms with Gasteiger partial charge in [0.2, 0.25) is 0 Å². The first-order chi connectivity index (χ1) is 11.2. The van der Waals surface area contributed by atoms with Crippen molar-refractivity contribution in [2.75, 3.05) is 13.1 Å². The van der Waals surface area contributed by atoms with Gasteiger partial charge in [0.25, 0.3) is 0 Å². The molecule has 1 aliphatic heterocycles. The molecule has 1 saturated heterocycles. The largest absolute Gasteiger partial charge is 0.307 e. The van der Waals surface area contributed by atoms with Crippen LogP contribution in [-0.2, 0) is 6.54 Å². The maximum atomic E-state index is 13.0. The third-order valence-electron chi connectivity index (χ3n) is 4.69. The molecule has 122 valence electrons. The monoisotopic (exact) mass is 312 g/mol. The van der Waals surface area contributed by atoms with E-state index in [0.717, 1.165) is 25.2 Å². The van der Waals surface area contributed by atoms with E-state index in [0.29, 0.717) is 6.04 Å². The zero-order chi connectivity index (χ0) is 16.1. The second-order valence-corrected chi connectivity index (χ2v) is 6.48. The van der Waals surface area contributed by atoms with Crippen LogP contribution in [0, 0.1) is 5.82 Å². The first-order valence-corrected chi connectivity index (χ1v) is 8.48. The summed E-state index contributed by atoms with van der Waals surface area (Å²) in [7, 11) is 0. The minimum atomic E-state index is -0.171. The average Bonchev–Trinajstić information content (AvgIpc) is 2.58. The number of piperidine rings is 1. The Morgan fingerprint density at radius 3 is 2.35 bits per heavy atom. The smallest absolute Gasteiger partial charge is 0.123 e. The maximum Gasteiger partial charge on any atom is 0.123 e. The van der Waals surface area contributed by atoms with Gasteiger partial charge in [0, 0.05) is 18.6 Å². The molecular weight excluding hydrogens is 287 g/mol. The Morgan fingerprint density at radius 2 is 1.70 bits per heavy atom. The molecule has 0 spiro atoms. The normalized spacial score (nSPS) is 18.0. The number of hydrogen-bond acceptors (Lipinski definition) is 2. The van der Waals surface area contributed by atoms with Gasteiger partial charge >= 0.3 is 0 Å².